The molecule has 124 valence electrons. The fourth-order valence-electron chi connectivity index (χ4n) is 1.64. The molecule has 0 aromatic heterocycles. The number of hydrogen-bond acceptors (Lipinski definition) is 3. The molecule has 0 aliphatic carbocycles. The van der Waals surface area contributed by atoms with Gasteiger partial charge in [0.1, 0.15) is 5.82 Å². The van der Waals surface area contributed by atoms with Gasteiger partial charge in [0.25, 0.3) is 0 Å². The van der Waals surface area contributed by atoms with Crippen LogP contribution in [-0.4, -0.2) is 39.8 Å². The number of benzene rings is 1. The van der Waals surface area contributed by atoms with Crippen LogP contribution in [0.3, 0.4) is 0 Å². The molecule has 0 radical (unpaired) electrons. The zero-order valence-corrected chi connectivity index (χ0v) is 13.7. The first kappa shape index (κ1) is 18.4. The maximum absolute atomic E-state index is 13.1. The van der Waals surface area contributed by atoms with Crippen LogP contribution < -0.4 is 15.4 Å². The van der Waals surface area contributed by atoms with Gasteiger partial charge in [-0.05, 0) is 31.5 Å². The second-order valence-corrected chi connectivity index (χ2v) is 6.65. The Labute approximate surface area is 131 Å². The van der Waals surface area contributed by atoms with E-state index >= 15 is 0 Å². The summed E-state index contributed by atoms with van der Waals surface area (Å²) in [6.45, 7) is 5.22. The Balaban J connectivity index is 2.49. The largest absolute Gasteiger partial charge is 0.357 e. The number of aliphatic imine (C=N–C) groups is 1. The molecule has 1 aromatic rings. The average Bonchev–Trinajstić information content (AvgIpc) is 2.49. The minimum Gasteiger partial charge on any atom is -0.357 e. The van der Waals surface area contributed by atoms with E-state index in [9.17, 15) is 12.8 Å². The van der Waals surface area contributed by atoms with Gasteiger partial charge in [-0.1, -0.05) is 12.1 Å². The summed E-state index contributed by atoms with van der Waals surface area (Å²) >= 11 is 0. The van der Waals surface area contributed by atoms with Crippen LogP contribution in [0.5, 0.6) is 0 Å². The van der Waals surface area contributed by atoms with Crippen LogP contribution in [0.2, 0.25) is 0 Å². The van der Waals surface area contributed by atoms with Crippen LogP contribution in [0.15, 0.2) is 29.3 Å². The average molecular weight is 330 g/mol. The Morgan fingerprint density at radius 3 is 2.64 bits per heavy atom. The molecule has 0 amide bonds. The molecule has 0 atom stereocenters. The van der Waals surface area contributed by atoms with Gasteiger partial charge in [0.2, 0.25) is 10.0 Å². The third-order valence-electron chi connectivity index (χ3n) is 2.77. The number of guanidine groups is 1. The zero-order valence-electron chi connectivity index (χ0n) is 12.9. The number of nitrogens with zero attached hydrogens (tertiary/aromatic N) is 1. The van der Waals surface area contributed by atoms with Crippen molar-refractivity contribution in [2.45, 2.75) is 20.4 Å². The number of nitrogens with one attached hydrogen (secondary N) is 3. The highest BCUT2D eigenvalue weighted by atomic mass is 32.2. The SMILES string of the molecule is CCNC(=NCc1cccc(F)c1)NCCNS(=O)(=O)CC. The molecule has 6 nitrogen and oxygen atoms in total. The molecule has 1 aromatic carbocycles. The van der Waals surface area contributed by atoms with Crippen molar-refractivity contribution < 1.29 is 12.8 Å². The molecule has 0 fully saturated rings. The van der Waals surface area contributed by atoms with Crippen molar-refractivity contribution in [3.63, 3.8) is 0 Å². The third kappa shape index (κ3) is 7.37. The van der Waals surface area contributed by atoms with E-state index in [0.29, 0.717) is 25.6 Å². The van der Waals surface area contributed by atoms with E-state index < -0.39 is 10.0 Å². The Kier molecular flexibility index (Phi) is 7.83. The monoisotopic (exact) mass is 330 g/mol. The van der Waals surface area contributed by atoms with Crippen LogP contribution >= 0.6 is 0 Å². The lowest BCUT2D eigenvalue weighted by Crippen LogP contribution is -2.41. The first-order valence-electron chi connectivity index (χ1n) is 7.20. The highest BCUT2D eigenvalue weighted by Gasteiger charge is 2.05. The summed E-state index contributed by atoms with van der Waals surface area (Å²) in [5, 5.41) is 6.07. The second-order valence-electron chi connectivity index (χ2n) is 4.55. The van der Waals surface area contributed by atoms with Gasteiger partial charge in [-0.25, -0.2) is 22.5 Å². The summed E-state index contributed by atoms with van der Waals surface area (Å²) in [6.07, 6.45) is 0. The highest BCUT2D eigenvalue weighted by molar-refractivity contribution is 7.89. The van der Waals surface area contributed by atoms with Crippen LogP contribution in [0, 0.1) is 5.82 Å². The quantitative estimate of drug-likeness (QED) is 0.374. The van der Waals surface area contributed by atoms with E-state index in [1.54, 1.807) is 19.1 Å². The van der Waals surface area contributed by atoms with Crippen molar-refractivity contribution in [2.75, 3.05) is 25.4 Å². The van der Waals surface area contributed by atoms with Crippen molar-refractivity contribution in [3.05, 3.63) is 35.6 Å². The van der Waals surface area contributed by atoms with E-state index in [1.165, 1.54) is 12.1 Å². The maximum atomic E-state index is 13.1. The summed E-state index contributed by atoms with van der Waals surface area (Å²) in [7, 11) is -3.18. The van der Waals surface area contributed by atoms with Crippen LogP contribution in [0.4, 0.5) is 4.39 Å². The zero-order chi connectivity index (χ0) is 16.4. The molecular weight excluding hydrogens is 307 g/mol. The van der Waals surface area contributed by atoms with Crippen LogP contribution in [0.25, 0.3) is 0 Å². The lowest BCUT2D eigenvalue weighted by molar-refractivity contribution is 0.582. The van der Waals surface area contributed by atoms with Gasteiger partial charge < -0.3 is 10.6 Å². The van der Waals surface area contributed by atoms with E-state index in [0.717, 1.165) is 5.56 Å². The predicted octanol–water partition coefficient (Wildman–Crippen LogP) is 0.820. The smallest absolute Gasteiger partial charge is 0.211 e. The lowest BCUT2D eigenvalue weighted by Gasteiger charge is -2.11. The molecule has 3 N–H and O–H groups in total. The van der Waals surface area contributed by atoms with Crippen LogP contribution in [-0.2, 0) is 16.6 Å². The van der Waals surface area contributed by atoms with Gasteiger partial charge >= 0.3 is 0 Å². The normalized spacial score (nSPS) is 12.2. The molecule has 0 aliphatic heterocycles. The second kappa shape index (κ2) is 9.37. The van der Waals surface area contributed by atoms with Crippen molar-refractivity contribution >= 4 is 16.0 Å². The topological polar surface area (TPSA) is 82.6 Å². The van der Waals surface area contributed by atoms with Crippen molar-refractivity contribution in [2.24, 2.45) is 4.99 Å². The van der Waals surface area contributed by atoms with Gasteiger partial charge in [0.15, 0.2) is 5.96 Å². The molecule has 0 saturated carbocycles. The number of rotatable bonds is 8. The van der Waals surface area contributed by atoms with Gasteiger partial charge in [0, 0.05) is 19.6 Å². The lowest BCUT2D eigenvalue weighted by atomic mass is 10.2. The molecule has 0 aliphatic rings. The highest BCUT2D eigenvalue weighted by Crippen LogP contribution is 2.04. The third-order valence-corrected chi connectivity index (χ3v) is 4.18. The molecule has 0 unspecified atom stereocenters. The Bertz CT molecular complexity index is 590. The molecule has 22 heavy (non-hydrogen) atoms. The molecule has 8 heteroatoms. The fraction of sp³-hybridized carbons (Fsp3) is 0.500. The molecule has 0 bridgehead atoms. The first-order valence-corrected chi connectivity index (χ1v) is 8.86. The standard InChI is InChI=1S/C14H23FN4O2S/c1-3-16-14(17-8-9-19-22(20,21)4-2)18-11-12-6-5-7-13(15)10-12/h5-7,10,19H,3-4,8-9,11H2,1-2H3,(H2,16,17,18). The minimum atomic E-state index is -3.18. The van der Waals surface area contributed by atoms with E-state index in [1.807, 2.05) is 6.92 Å². The fourth-order valence-corrected chi connectivity index (χ4v) is 2.25. The Morgan fingerprint density at radius 1 is 1.23 bits per heavy atom. The summed E-state index contributed by atoms with van der Waals surface area (Å²) in [5.74, 6) is 0.322. The number of sulfonamides is 1. The molecule has 1 rings (SSSR count). The van der Waals surface area contributed by atoms with E-state index in [-0.39, 0.29) is 18.1 Å². The van der Waals surface area contributed by atoms with Crippen molar-refractivity contribution in [1.29, 1.82) is 0 Å². The molecule has 0 heterocycles. The van der Waals surface area contributed by atoms with Gasteiger partial charge in [-0.15, -0.1) is 0 Å². The summed E-state index contributed by atoms with van der Waals surface area (Å²) in [4.78, 5) is 4.33. The van der Waals surface area contributed by atoms with E-state index in [2.05, 4.69) is 20.3 Å². The maximum Gasteiger partial charge on any atom is 0.211 e. The predicted molar refractivity (Wildman–Crippen MR) is 86.7 cm³/mol. The minimum absolute atomic E-state index is 0.0563. The summed E-state index contributed by atoms with van der Waals surface area (Å²) in [6, 6.07) is 6.25. The summed E-state index contributed by atoms with van der Waals surface area (Å²) < 4.78 is 38.1. The Hall–Kier alpha value is -1.67. The van der Waals surface area contributed by atoms with Crippen molar-refractivity contribution in [1.82, 2.24) is 15.4 Å². The number of hydrogen-bond donors (Lipinski definition) is 3. The Morgan fingerprint density at radius 2 is 2.00 bits per heavy atom. The summed E-state index contributed by atoms with van der Waals surface area (Å²) in [5.41, 5.74) is 0.767. The molecule has 0 spiro atoms. The van der Waals surface area contributed by atoms with Gasteiger partial charge in [-0.2, -0.15) is 0 Å². The first-order chi connectivity index (χ1) is 10.5. The molecular formula is C14H23FN4O2S. The van der Waals surface area contributed by atoms with Crippen LogP contribution in [0.1, 0.15) is 19.4 Å². The van der Waals surface area contributed by atoms with E-state index in [4.69, 9.17) is 0 Å². The molecule has 0 saturated heterocycles. The van der Waals surface area contributed by atoms with Gasteiger partial charge in [-0.3, -0.25) is 0 Å². The van der Waals surface area contributed by atoms with Crippen molar-refractivity contribution in [3.8, 4) is 0 Å². The van der Waals surface area contributed by atoms with Gasteiger partial charge in [0.05, 0.1) is 12.3 Å². The number of halogens is 1.